The van der Waals surface area contributed by atoms with Crippen molar-refractivity contribution >= 4 is 52.6 Å². The van der Waals surface area contributed by atoms with Gasteiger partial charge in [0.25, 0.3) is 5.91 Å². The van der Waals surface area contributed by atoms with Crippen LogP contribution >= 0.6 is 23.2 Å². The quantitative estimate of drug-likeness (QED) is 0.351. The first-order chi connectivity index (χ1) is 16.3. The zero-order chi connectivity index (χ0) is 24.2. The first-order valence-corrected chi connectivity index (χ1v) is 11.6. The molecule has 1 heterocycles. The summed E-state index contributed by atoms with van der Waals surface area (Å²) in [7, 11) is 0. The van der Waals surface area contributed by atoms with Crippen LogP contribution in [0.15, 0.2) is 60.7 Å². The second-order valence-electron chi connectivity index (χ2n) is 8.19. The fourth-order valence-electron chi connectivity index (χ4n) is 4.25. The molecule has 176 valence electrons. The van der Waals surface area contributed by atoms with E-state index in [2.05, 4.69) is 5.32 Å². The molecule has 0 aromatic heterocycles. The van der Waals surface area contributed by atoms with E-state index in [1.807, 2.05) is 18.2 Å². The smallest absolute Gasteiger partial charge is 0.330 e. The Kier molecular flexibility index (Phi) is 7.34. The number of allylic oxidation sites excluding steroid dienone is 2. The number of carbonyl (C=O) groups excluding carboxylic acids is 4. The number of hydrogen-bond donors (Lipinski definition) is 1. The molecule has 9 heteroatoms. The molecule has 4 rings (SSSR count). The minimum absolute atomic E-state index is 0.0957. The van der Waals surface area contributed by atoms with E-state index in [0.29, 0.717) is 23.6 Å². The monoisotopic (exact) mass is 500 g/mol. The second kappa shape index (κ2) is 10.4. The van der Waals surface area contributed by atoms with Gasteiger partial charge in [-0.25, -0.2) is 4.79 Å². The van der Waals surface area contributed by atoms with E-state index in [0.717, 1.165) is 10.5 Å². The van der Waals surface area contributed by atoms with Crippen molar-refractivity contribution in [2.24, 2.45) is 11.8 Å². The molecule has 2 aliphatic rings. The Morgan fingerprint density at radius 3 is 2.24 bits per heavy atom. The number of carbonyl (C=O) groups is 4. The lowest BCUT2D eigenvalue weighted by Gasteiger charge is -2.25. The molecule has 2 aromatic carbocycles. The van der Waals surface area contributed by atoms with Crippen molar-refractivity contribution in [1.29, 1.82) is 0 Å². The summed E-state index contributed by atoms with van der Waals surface area (Å²) in [6, 6.07) is 12.4. The Morgan fingerprint density at radius 1 is 0.971 bits per heavy atom. The van der Waals surface area contributed by atoms with E-state index in [-0.39, 0.29) is 23.3 Å². The number of amides is 3. The van der Waals surface area contributed by atoms with Crippen molar-refractivity contribution in [3.05, 3.63) is 76.3 Å². The van der Waals surface area contributed by atoms with Crippen molar-refractivity contribution in [3.63, 3.8) is 0 Å². The Bertz CT molecular complexity index is 1130. The molecule has 0 bridgehead atoms. The number of ether oxygens (including phenoxy) is 1. The Labute approximate surface area is 206 Å². The number of nitrogens with zero attached hydrogens (tertiary/aromatic N) is 1. The minimum atomic E-state index is -1.16. The van der Waals surface area contributed by atoms with E-state index in [1.165, 1.54) is 12.1 Å². The van der Waals surface area contributed by atoms with Gasteiger partial charge in [0, 0.05) is 12.1 Å². The van der Waals surface area contributed by atoms with E-state index in [9.17, 15) is 19.2 Å². The molecule has 0 radical (unpaired) electrons. The molecule has 0 spiro atoms. The van der Waals surface area contributed by atoms with Crippen molar-refractivity contribution in [2.45, 2.75) is 25.3 Å². The van der Waals surface area contributed by atoms with Gasteiger partial charge in [-0.3, -0.25) is 19.3 Å². The molecule has 1 aliphatic carbocycles. The normalized spacial score (nSPS) is 20.1. The van der Waals surface area contributed by atoms with Gasteiger partial charge in [-0.1, -0.05) is 65.7 Å². The first-order valence-electron chi connectivity index (χ1n) is 10.8. The highest BCUT2D eigenvalue weighted by molar-refractivity contribution is 6.42. The van der Waals surface area contributed by atoms with Crippen LogP contribution in [0, 0.1) is 11.8 Å². The Morgan fingerprint density at radius 2 is 1.62 bits per heavy atom. The molecule has 0 saturated carbocycles. The van der Waals surface area contributed by atoms with Crippen LogP contribution in [0.1, 0.15) is 18.4 Å². The zero-order valence-electron chi connectivity index (χ0n) is 18.1. The molecule has 0 unspecified atom stereocenters. The highest BCUT2D eigenvalue weighted by Gasteiger charge is 2.51. The van der Waals surface area contributed by atoms with Crippen LogP contribution in [0.5, 0.6) is 0 Å². The number of anilines is 1. The molecule has 7 nitrogen and oxygen atoms in total. The summed E-state index contributed by atoms with van der Waals surface area (Å²) in [5.74, 6) is -3.11. The number of fused-ring (bicyclic) bond motifs is 1. The third kappa shape index (κ3) is 5.16. The van der Waals surface area contributed by atoms with Crippen LogP contribution in [0.3, 0.4) is 0 Å². The third-order valence-electron chi connectivity index (χ3n) is 5.95. The maximum absolute atomic E-state index is 13.1. The number of benzene rings is 2. The summed E-state index contributed by atoms with van der Waals surface area (Å²) in [6.45, 7) is -0.588. The maximum Gasteiger partial charge on any atom is 0.330 e. The lowest BCUT2D eigenvalue weighted by molar-refractivity contribution is -0.159. The average Bonchev–Trinajstić information content (AvgIpc) is 3.09. The Balaban J connectivity index is 1.48. The molecule has 1 aliphatic heterocycles. The van der Waals surface area contributed by atoms with Crippen LogP contribution in [0.2, 0.25) is 10.0 Å². The molecule has 1 saturated heterocycles. The lowest BCUT2D eigenvalue weighted by atomic mass is 9.85. The SMILES string of the molecule is O=C(COC(=O)[C@H](Cc1ccccc1)N1C(=O)[C@@H]2CC=CC[C@H]2C1=O)Nc1ccc(Cl)c(Cl)c1. The summed E-state index contributed by atoms with van der Waals surface area (Å²) >= 11 is 11.8. The van der Waals surface area contributed by atoms with Crippen LogP contribution in [-0.4, -0.2) is 41.2 Å². The highest BCUT2D eigenvalue weighted by atomic mass is 35.5. The predicted molar refractivity (Wildman–Crippen MR) is 127 cm³/mol. The van der Waals surface area contributed by atoms with Gasteiger partial charge >= 0.3 is 5.97 Å². The van der Waals surface area contributed by atoms with Gasteiger partial charge in [0.05, 0.1) is 21.9 Å². The van der Waals surface area contributed by atoms with Gasteiger partial charge in [0.15, 0.2) is 6.61 Å². The highest BCUT2D eigenvalue weighted by Crippen LogP contribution is 2.36. The van der Waals surface area contributed by atoms with E-state index in [4.69, 9.17) is 27.9 Å². The fraction of sp³-hybridized carbons (Fsp3) is 0.280. The van der Waals surface area contributed by atoms with Crippen LogP contribution in [0.25, 0.3) is 0 Å². The molecule has 3 amide bonds. The summed E-state index contributed by atoms with van der Waals surface area (Å²) in [5.41, 5.74) is 1.15. The number of hydrogen-bond acceptors (Lipinski definition) is 5. The maximum atomic E-state index is 13.1. The predicted octanol–water partition coefficient (Wildman–Crippen LogP) is 4.04. The number of esters is 1. The number of rotatable bonds is 7. The van der Waals surface area contributed by atoms with E-state index < -0.39 is 36.4 Å². The van der Waals surface area contributed by atoms with E-state index in [1.54, 1.807) is 30.3 Å². The van der Waals surface area contributed by atoms with E-state index >= 15 is 0 Å². The van der Waals surface area contributed by atoms with Gasteiger partial charge in [0.2, 0.25) is 11.8 Å². The van der Waals surface area contributed by atoms with Crippen molar-refractivity contribution in [1.82, 2.24) is 4.90 Å². The molecule has 2 aromatic rings. The van der Waals surface area contributed by atoms with Crippen LogP contribution < -0.4 is 5.32 Å². The minimum Gasteiger partial charge on any atom is -0.454 e. The second-order valence-corrected chi connectivity index (χ2v) is 9.01. The third-order valence-corrected chi connectivity index (χ3v) is 6.69. The number of halogens is 2. The molecular weight excluding hydrogens is 479 g/mol. The number of likely N-dealkylation sites (tertiary alicyclic amines) is 1. The Hall–Kier alpha value is -3.16. The van der Waals surface area contributed by atoms with Gasteiger partial charge in [-0.05, 0) is 36.6 Å². The summed E-state index contributed by atoms with van der Waals surface area (Å²) < 4.78 is 5.26. The number of nitrogens with one attached hydrogen (secondary N) is 1. The fourth-order valence-corrected chi connectivity index (χ4v) is 4.55. The summed E-state index contributed by atoms with van der Waals surface area (Å²) in [6.07, 6.45) is 4.79. The molecule has 1 N–H and O–H groups in total. The molecule has 34 heavy (non-hydrogen) atoms. The zero-order valence-corrected chi connectivity index (χ0v) is 19.6. The molecule has 1 fully saturated rings. The van der Waals surface area contributed by atoms with Crippen molar-refractivity contribution in [2.75, 3.05) is 11.9 Å². The van der Waals surface area contributed by atoms with Crippen LogP contribution in [-0.2, 0) is 30.3 Å². The lowest BCUT2D eigenvalue weighted by Crippen LogP contribution is -2.48. The number of imide groups is 1. The summed E-state index contributed by atoms with van der Waals surface area (Å²) in [5, 5.41) is 3.17. The van der Waals surface area contributed by atoms with Crippen molar-refractivity contribution in [3.8, 4) is 0 Å². The summed E-state index contributed by atoms with van der Waals surface area (Å²) in [4.78, 5) is 52.6. The average molecular weight is 501 g/mol. The molecule has 3 atom stereocenters. The van der Waals surface area contributed by atoms with Crippen LogP contribution in [0.4, 0.5) is 5.69 Å². The van der Waals surface area contributed by atoms with Crippen molar-refractivity contribution < 1.29 is 23.9 Å². The largest absolute Gasteiger partial charge is 0.454 e. The van der Waals surface area contributed by atoms with Gasteiger partial charge in [-0.15, -0.1) is 0 Å². The van der Waals surface area contributed by atoms with Gasteiger partial charge in [-0.2, -0.15) is 0 Å². The van der Waals surface area contributed by atoms with Gasteiger partial charge in [0.1, 0.15) is 6.04 Å². The first kappa shape index (κ1) is 24.0. The topological polar surface area (TPSA) is 92.8 Å². The standard InChI is InChI=1S/C25H22Cl2N2O5/c26-19-11-10-16(13-20(19)27)28-22(30)14-34-25(33)21(12-15-6-2-1-3-7-15)29-23(31)17-8-4-5-9-18(17)24(29)32/h1-7,10-11,13,17-18,21H,8-9,12,14H2,(H,28,30)/t17-,18-,21+/m1/s1. The van der Waals surface area contributed by atoms with Gasteiger partial charge < -0.3 is 10.1 Å². The molecular formula is C25H22Cl2N2O5.